The van der Waals surface area contributed by atoms with Crippen LogP contribution in [0.25, 0.3) is 0 Å². The van der Waals surface area contributed by atoms with Gasteiger partial charge in [-0.05, 0) is 0 Å². The molecular formula is C8H11F3N4O. The van der Waals surface area contributed by atoms with Gasteiger partial charge in [0.15, 0.2) is 0 Å². The molecule has 1 amide bonds. The summed E-state index contributed by atoms with van der Waals surface area (Å²) in [5.41, 5.74) is 5.44. The molecule has 0 fully saturated rings. The number of nitrogens with two attached hydrogens (primary N) is 1. The van der Waals surface area contributed by atoms with Crippen LogP contribution in [0, 0.1) is 0 Å². The molecule has 0 bridgehead atoms. The second-order valence-corrected chi connectivity index (χ2v) is 3.34. The molecule has 1 aromatic rings. The molecule has 0 spiro atoms. The maximum absolute atomic E-state index is 12.0. The Bertz CT molecular complexity index is 398. The van der Waals surface area contributed by atoms with Crippen molar-refractivity contribution >= 4 is 11.7 Å². The van der Waals surface area contributed by atoms with Crippen molar-refractivity contribution in [3.05, 3.63) is 11.8 Å². The Morgan fingerprint density at radius 3 is 2.56 bits per heavy atom. The van der Waals surface area contributed by atoms with Crippen molar-refractivity contribution in [2.75, 3.05) is 19.3 Å². The summed E-state index contributed by atoms with van der Waals surface area (Å²) in [5, 5.41) is 3.68. The summed E-state index contributed by atoms with van der Waals surface area (Å²) in [4.78, 5) is 12.1. The number of anilines is 1. The lowest BCUT2D eigenvalue weighted by atomic mass is 10.3. The highest BCUT2D eigenvalue weighted by Gasteiger charge is 2.32. The highest BCUT2D eigenvalue weighted by Crippen LogP contribution is 2.18. The molecule has 1 aromatic heterocycles. The van der Waals surface area contributed by atoms with Crippen LogP contribution in [0.1, 0.15) is 10.4 Å². The molecule has 0 aliphatic rings. The van der Waals surface area contributed by atoms with Gasteiger partial charge < -0.3 is 10.6 Å². The number of amides is 1. The molecule has 1 heterocycles. The Labute approximate surface area is 89.6 Å². The molecule has 1 rings (SSSR count). The van der Waals surface area contributed by atoms with E-state index in [1.54, 1.807) is 0 Å². The number of alkyl halides is 3. The second kappa shape index (κ2) is 4.03. The molecule has 8 heteroatoms. The van der Waals surface area contributed by atoms with Crippen LogP contribution in [0.15, 0.2) is 6.20 Å². The van der Waals surface area contributed by atoms with Gasteiger partial charge in [-0.15, -0.1) is 0 Å². The monoisotopic (exact) mass is 236 g/mol. The van der Waals surface area contributed by atoms with E-state index in [1.165, 1.54) is 11.7 Å². The van der Waals surface area contributed by atoms with Gasteiger partial charge in [0, 0.05) is 14.1 Å². The standard InChI is InChI=1S/C8H11F3N4O/c1-14(4-8(9,10)11)7(16)5-3-13-15(2)6(5)12/h3H,4,12H2,1-2H3. The SMILES string of the molecule is CN(CC(F)(F)F)C(=O)c1cnn(C)c1N. The molecular weight excluding hydrogens is 225 g/mol. The van der Waals surface area contributed by atoms with Gasteiger partial charge >= 0.3 is 6.18 Å². The number of halogens is 3. The fraction of sp³-hybridized carbons (Fsp3) is 0.500. The molecule has 0 saturated carbocycles. The van der Waals surface area contributed by atoms with Crippen molar-refractivity contribution in [2.24, 2.45) is 7.05 Å². The maximum atomic E-state index is 12.0. The van der Waals surface area contributed by atoms with E-state index in [9.17, 15) is 18.0 Å². The van der Waals surface area contributed by atoms with E-state index >= 15 is 0 Å². The number of rotatable bonds is 2. The number of aromatic nitrogens is 2. The van der Waals surface area contributed by atoms with Gasteiger partial charge in [0.25, 0.3) is 5.91 Å². The van der Waals surface area contributed by atoms with E-state index in [0.29, 0.717) is 4.90 Å². The second-order valence-electron chi connectivity index (χ2n) is 3.34. The van der Waals surface area contributed by atoms with Crippen molar-refractivity contribution in [1.29, 1.82) is 0 Å². The zero-order valence-electron chi connectivity index (χ0n) is 8.75. The number of nitrogen functional groups attached to an aromatic ring is 1. The average molecular weight is 236 g/mol. The van der Waals surface area contributed by atoms with Gasteiger partial charge in [0.1, 0.15) is 17.9 Å². The summed E-state index contributed by atoms with van der Waals surface area (Å²) >= 11 is 0. The summed E-state index contributed by atoms with van der Waals surface area (Å²) < 4.78 is 37.3. The van der Waals surface area contributed by atoms with Crippen LogP contribution >= 0.6 is 0 Å². The van der Waals surface area contributed by atoms with Gasteiger partial charge in [-0.3, -0.25) is 9.48 Å². The first-order valence-corrected chi connectivity index (χ1v) is 4.32. The summed E-state index contributed by atoms with van der Waals surface area (Å²) in [6.45, 7) is -1.32. The Balaban J connectivity index is 2.83. The van der Waals surface area contributed by atoms with Gasteiger partial charge in [-0.25, -0.2) is 0 Å². The molecule has 0 radical (unpaired) electrons. The Kier molecular flexibility index (Phi) is 3.11. The van der Waals surface area contributed by atoms with Crippen molar-refractivity contribution in [1.82, 2.24) is 14.7 Å². The molecule has 0 aromatic carbocycles. The molecule has 0 atom stereocenters. The van der Waals surface area contributed by atoms with Crippen LogP contribution in [-0.2, 0) is 7.05 Å². The van der Waals surface area contributed by atoms with Crippen LogP contribution in [0.3, 0.4) is 0 Å². The third-order valence-corrected chi connectivity index (χ3v) is 1.98. The van der Waals surface area contributed by atoms with Gasteiger partial charge in [-0.1, -0.05) is 0 Å². The minimum atomic E-state index is -4.43. The van der Waals surface area contributed by atoms with Crippen LogP contribution in [0.5, 0.6) is 0 Å². The van der Waals surface area contributed by atoms with Crippen molar-refractivity contribution in [3.8, 4) is 0 Å². The zero-order valence-corrected chi connectivity index (χ0v) is 8.75. The lowest BCUT2D eigenvalue weighted by molar-refractivity contribution is -0.138. The van der Waals surface area contributed by atoms with Gasteiger partial charge in [0.05, 0.1) is 6.20 Å². The first kappa shape index (κ1) is 12.3. The third kappa shape index (κ3) is 2.65. The minimum Gasteiger partial charge on any atom is -0.383 e. The van der Waals surface area contributed by atoms with Crippen molar-refractivity contribution < 1.29 is 18.0 Å². The Morgan fingerprint density at radius 1 is 1.62 bits per heavy atom. The topological polar surface area (TPSA) is 64.2 Å². The smallest absolute Gasteiger partial charge is 0.383 e. The number of carbonyl (C=O) groups is 1. The number of carbonyl (C=O) groups excluding carboxylic acids is 1. The number of aryl methyl sites for hydroxylation is 1. The summed E-state index contributed by atoms with van der Waals surface area (Å²) in [7, 11) is 2.55. The van der Waals surface area contributed by atoms with E-state index in [4.69, 9.17) is 5.73 Å². The normalized spacial score (nSPS) is 11.6. The van der Waals surface area contributed by atoms with E-state index in [1.807, 2.05) is 0 Å². The lowest BCUT2D eigenvalue weighted by Crippen LogP contribution is -2.36. The molecule has 90 valence electrons. The number of hydrogen-bond acceptors (Lipinski definition) is 3. The molecule has 0 aliphatic carbocycles. The van der Waals surface area contributed by atoms with E-state index in [2.05, 4.69) is 5.10 Å². The van der Waals surface area contributed by atoms with Crippen LogP contribution in [0.4, 0.5) is 19.0 Å². The molecule has 0 unspecified atom stereocenters. The van der Waals surface area contributed by atoms with E-state index < -0.39 is 18.6 Å². The number of hydrogen-bond donors (Lipinski definition) is 1. The highest BCUT2D eigenvalue weighted by atomic mass is 19.4. The summed E-state index contributed by atoms with van der Waals surface area (Å²) in [6.07, 6.45) is -3.29. The predicted octanol–water partition coefficient (Wildman–Crippen LogP) is 0.637. The van der Waals surface area contributed by atoms with E-state index in [-0.39, 0.29) is 11.4 Å². The first-order valence-electron chi connectivity index (χ1n) is 4.32. The lowest BCUT2D eigenvalue weighted by Gasteiger charge is -2.18. The highest BCUT2D eigenvalue weighted by molar-refractivity contribution is 5.98. The average Bonchev–Trinajstić information content (AvgIpc) is 2.44. The van der Waals surface area contributed by atoms with Crippen molar-refractivity contribution in [2.45, 2.75) is 6.18 Å². The Morgan fingerprint density at radius 2 is 2.19 bits per heavy atom. The number of nitrogens with zero attached hydrogens (tertiary/aromatic N) is 3. The quantitative estimate of drug-likeness (QED) is 0.819. The third-order valence-electron chi connectivity index (χ3n) is 1.98. The first-order chi connectivity index (χ1) is 7.22. The predicted molar refractivity (Wildman–Crippen MR) is 50.6 cm³/mol. The van der Waals surface area contributed by atoms with Crippen LogP contribution in [0.2, 0.25) is 0 Å². The fourth-order valence-corrected chi connectivity index (χ4v) is 1.16. The molecule has 5 nitrogen and oxygen atoms in total. The molecule has 2 N–H and O–H groups in total. The maximum Gasteiger partial charge on any atom is 0.406 e. The van der Waals surface area contributed by atoms with Gasteiger partial charge in [-0.2, -0.15) is 18.3 Å². The summed E-state index contributed by atoms with van der Waals surface area (Å²) in [6, 6.07) is 0. The molecule has 0 saturated heterocycles. The molecule has 16 heavy (non-hydrogen) atoms. The minimum absolute atomic E-state index is 0.0331. The zero-order chi connectivity index (χ0) is 12.5. The molecule has 0 aliphatic heterocycles. The van der Waals surface area contributed by atoms with Gasteiger partial charge in [0.2, 0.25) is 0 Å². The fourth-order valence-electron chi connectivity index (χ4n) is 1.16. The Hall–Kier alpha value is -1.73. The summed E-state index contributed by atoms with van der Waals surface area (Å²) in [5.74, 6) is -0.762. The largest absolute Gasteiger partial charge is 0.406 e. The van der Waals surface area contributed by atoms with Crippen LogP contribution in [-0.4, -0.2) is 40.4 Å². The van der Waals surface area contributed by atoms with Crippen molar-refractivity contribution in [3.63, 3.8) is 0 Å². The van der Waals surface area contributed by atoms with Crippen LogP contribution < -0.4 is 5.73 Å². The van der Waals surface area contributed by atoms with E-state index in [0.717, 1.165) is 13.2 Å².